The van der Waals surface area contributed by atoms with Crippen molar-refractivity contribution in [2.45, 2.75) is 12.8 Å². The van der Waals surface area contributed by atoms with Crippen LogP contribution >= 0.6 is 0 Å². The van der Waals surface area contributed by atoms with Gasteiger partial charge >= 0.3 is 0 Å². The van der Waals surface area contributed by atoms with Gasteiger partial charge in [-0.2, -0.15) is 5.26 Å². The predicted molar refractivity (Wildman–Crippen MR) is 112 cm³/mol. The van der Waals surface area contributed by atoms with Crippen LogP contribution in [-0.2, 0) is 6.42 Å². The molecule has 4 rings (SSSR count). The second-order valence-electron chi connectivity index (χ2n) is 6.91. The average molecular weight is 381 g/mol. The first-order chi connectivity index (χ1) is 14.2. The maximum absolute atomic E-state index is 13.0. The van der Waals surface area contributed by atoms with E-state index >= 15 is 0 Å². The van der Waals surface area contributed by atoms with E-state index in [1.165, 1.54) is 5.56 Å². The van der Waals surface area contributed by atoms with Gasteiger partial charge in [0.25, 0.3) is 11.8 Å². The lowest BCUT2D eigenvalue weighted by atomic mass is 10.0. The van der Waals surface area contributed by atoms with Crippen LogP contribution in [0.2, 0.25) is 0 Å². The Bertz CT molecular complexity index is 1100. The number of para-hydroxylation sites is 1. The molecule has 3 aromatic rings. The molecule has 0 aliphatic carbocycles. The summed E-state index contributed by atoms with van der Waals surface area (Å²) >= 11 is 0. The van der Waals surface area contributed by atoms with Crippen LogP contribution in [0, 0.1) is 11.3 Å². The van der Waals surface area contributed by atoms with E-state index in [1.54, 1.807) is 48.5 Å². The molecule has 1 aliphatic rings. The van der Waals surface area contributed by atoms with E-state index in [1.807, 2.05) is 29.2 Å². The minimum absolute atomic E-state index is 0.0591. The van der Waals surface area contributed by atoms with Crippen molar-refractivity contribution in [2.75, 3.05) is 16.8 Å². The summed E-state index contributed by atoms with van der Waals surface area (Å²) in [5.41, 5.74) is 4.31. The smallest absolute Gasteiger partial charge is 0.258 e. The zero-order chi connectivity index (χ0) is 20.2. The first-order valence-electron chi connectivity index (χ1n) is 9.47. The summed E-state index contributed by atoms with van der Waals surface area (Å²) in [6.45, 7) is 0.691. The molecule has 0 unspecified atom stereocenters. The van der Waals surface area contributed by atoms with E-state index in [-0.39, 0.29) is 11.8 Å². The lowest BCUT2D eigenvalue weighted by Crippen LogP contribution is -2.35. The highest BCUT2D eigenvalue weighted by Crippen LogP contribution is 2.28. The number of aryl methyl sites for hydroxylation is 1. The Hall–Kier alpha value is -3.91. The summed E-state index contributed by atoms with van der Waals surface area (Å²) in [5, 5.41) is 11.6. The topological polar surface area (TPSA) is 73.2 Å². The Balaban J connectivity index is 1.48. The molecule has 0 bridgehead atoms. The summed E-state index contributed by atoms with van der Waals surface area (Å²) in [7, 11) is 0. The zero-order valence-corrected chi connectivity index (χ0v) is 15.8. The van der Waals surface area contributed by atoms with Gasteiger partial charge in [-0.3, -0.25) is 9.59 Å². The maximum atomic E-state index is 13.0. The number of rotatable bonds is 3. The van der Waals surface area contributed by atoms with Gasteiger partial charge in [-0.05, 0) is 73.0 Å². The van der Waals surface area contributed by atoms with Gasteiger partial charge in [-0.15, -0.1) is 0 Å². The van der Waals surface area contributed by atoms with Crippen molar-refractivity contribution in [3.63, 3.8) is 0 Å². The summed E-state index contributed by atoms with van der Waals surface area (Å²) in [4.78, 5) is 27.2. The first-order valence-corrected chi connectivity index (χ1v) is 9.47. The van der Waals surface area contributed by atoms with Crippen LogP contribution < -0.4 is 10.2 Å². The van der Waals surface area contributed by atoms with Crippen LogP contribution in [0.1, 0.15) is 38.3 Å². The molecular formula is C24H19N3O2. The Morgan fingerprint density at radius 2 is 1.59 bits per heavy atom. The maximum Gasteiger partial charge on any atom is 0.258 e. The molecule has 0 atom stereocenters. The molecule has 0 saturated carbocycles. The number of nitrogens with one attached hydrogen (secondary N) is 1. The molecule has 142 valence electrons. The second-order valence-corrected chi connectivity index (χ2v) is 6.91. The number of benzene rings is 3. The molecule has 0 aromatic heterocycles. The third-order valence-corrected chi connectivity index (χ3v) is 5.02. The molecule has 0 spiro atoms. The third-order valence-electron chi connectivity index (χ3n) is 5.02. The van der Waals surface area contributed by atoms with Gasteiger partial charge in [-0.1, -0.05) is 18.2 Å². The van der Waals surface area contributed by atoms with E-state index in [0.717, 1.165) is 18.5 Å². The minimum atomic E-state index is -0.267. The molecule has 5 nitrogen and oxygen atoms in total. The highest BCUT2D eigenvalue weighted by molar-refractivity contribution is 6.08. The largest absolute Gasteiger partial charge is 0.322 e. The van der Waals surface area contributed by atoms with E-state index in [9.17, 15) is 9.59 Å². The fourth-order valence-electron chi connectivity index (χ4n) is 3.50. The minimum Gasteiger partial charge on any atom is -0.322 e. The average Bonchev–Trinajstić information content (AvgIpc) is 2.79. The standard InChI is InChI=1S/C24H19N3O2/c25-16-17-7-13-21(14-8-17)26-23(28)19-9-11-20(12-10-19)24(29)27-15-3-5-18-4-1-2-6-22(18)27/h1-2,4,6-14H,3,5,15H2,(H,26,28). The van der Waals surface area contributed by atoms with Gasteiger partial charge in [0, 0.05) is 29.0 Å². The van der Waals surface area contributed by atoms with Crippen molar-refractivity contribution in [3.05, 3.63) is 95.1 Å². The van der Waals surface area contributed by atoms with E-state index in [2.05, 4.69) is 11.4 Å². The summed E-state index contributed by atoms with van der Waals surface area (Å²) in [6, 6.07) is 23.4. The van der Waals surface area contributed by atoms with E-state index < -0.39 is 0 Å². The quantitative estimate of drug-likeness (QED) is 0.731. The van der Waals surface area contributed by atoms with Gasteiger partial charge in [0.05, 0.1) is 11.6 Å². The van der Waals surface area contributed by atoms with E-state index in [4.69, 9.17) is 5.26 Å². The van der Waals surface area contributed by atoms with Crippen LogP contribution in [-0.4, -0.2) is 18.4 Å². The van der Waals surface area contributed by atoms with Gasteiger partial charge < -0.3 is 10.2 Å². The lowest BCUT2D eigenvalue weighted by molar-refractivity contribution is 0.0982. The first kappa shape index (κ1) is 18.5. The van der Waals surface area contributed by atoms with Crippen LogP contribution in [0.4, 0.5) is 11.4 Å². The highest BCUT2D eigenvalue weighted by atomic mass is 16.2. The van der Waals surface area contributed by atoms with Crippen molar-refractivity contribution >= 4 is 23.2 Å². The molecule has 2 amide bonds. The fourth-order valence-corrected chi connectivity index (χ4v) is 3.50. The molecular weight excluding hydrogens is 362 g/mol. The summed E-state index contributed by atoms with van der Waals surface area (Å²) in [5.74, 6) is -0.326. The van der Waals surface area contributed by atoms with Crippen molar-refractivity contribution < 1.29 is 9.59 Å². The molecule has 1 heterocycles. The van der Waals surface area contributed by atoms with Crippen LogP contribution in [0.15, 0.2) is 72.8 Å². The van der Waals surface area contributed by atoms with Crippen molar-refractivity contribution in [1.82, 2.24) is 0 Å². The number of hydrogen-bond acceptors (Lipinski definition) is 3. The van der Waals surface area contributed by atoms with Gasteiger partial charge in [0.15, 0.2) is 0 Å². The third kappa shape index (κ3) is 3.87. The van der Waals surface area contributed by atoms with Gasteiger partial charge in [0.1, 0.15) is 0 Å². The number of carbonyl (C=O) groups is 2. The number of carbonyl (C=O) groups excluding carboxylic acids is 2. The Labute approximate surface area is 169 Å². The van der Waals surface area contributed by atoms with Crippen LogP contribution in [0.3, 0.4) is 0 Å². The number of amides is 2. The van der Waals surface area contributed by atoms with Crippen molar-refractivity contribution in [2.24, 2.45) is 0 Å². The Kier molecular flexibility index (Phi) is 5.08. The predicted octanol–water partition coefficient (Wildman–Crippen LogP) is 4.40. The lowest BCUT2D eigenvalue weighted by Gasteiger charge is -2.29. The number of anilines is 2. The molecule has 0 saturated heterocycles. The SMILES string of the molecule is N#Cc1ccc(NC(=O)c2ccc(C(=O)N3CCCc4ccccc43)cc2)cc1. The summed E-state index contributed by atoms with van der Waals surface area (Å²) in [6.07, 6.45) is 1.92. The molecule has 0 radical (unpaired) electrons. The molecule has 0 fully saturated rings. The molecule has 1 aliphatic heterocycles. The molecule has 29 heavy (non-hydrogen) atoms. The normalized spacial score (nSPS) is 12.6. The number of fused-ring (bicyclic) bond motifs is 1. The van der Waals surface area contributed by atoms with Gasteiger partial charge in [-0.25, -0.2) is 0 Å². The zero-order valence-electron chi connectivity index (χ0n) is 15.8. The van der Waals surface area contributed by atoms with Crippen molar-refractivity contribution in [3.8, 4) is 6.07 Å². The second kappa shape index (κ2) is 7.99. The number of nitrogens with zero attached hydrogens (tertiary/aromatic N) is 2. The van der Waals surface area contributed by atoms with Crippen LogP contribution in [0.25, 0.3) is 0 Å². The monoisotopic (exact) mass is 381 g/mol. The highest BCUT2D eigenvalue weighted by Gasteiger charge is 2.23. The van der Waals surface area contributed by atoms with Crippen molar-refractivity contribution in [1.29, 1.82) is 5.26 Å². The van der Waals surface area contributed by atoms with Gasteiger partial charge in [0.2, 0.25) is 0 Å². The Morgan fingerprint density at radius 3 is 2.31 bits per heavy atom. The molecule has 3 aromatic carbocycles. The fraction of sp³-hybridized carbons (Fsp3) is 0.125. The van der Waals surface area contributed by atoms with Crippen LogP contribution in [0.5, 0.6) is 0 Å². The Morgan fingerprint density at radius 1 is 0.897 bits per heavy atom. The van der Waals surface area contributed by atoms with E-state index in [0.29, 0.717) is 28.9 Å². The number of hydrogen-bond donors (Lipinski definition) is 1. The summed E-state index contributed by atoms with van der Waals surface area (Å²) < 4.78 is 0. The molecule has 5 heteroatoms. The number of nitriles is 1. The molecule has 1 N–H and O–H groups in total.